The van der Waals surface area contributed by atoms with Gasteiger partial charge in [0.2, 0.25) is 10.0 Å². The van der Waals surface area contributed by atoms with E-state index in [0.717, 1.165) is 12.1 Å². The van der Waals surface area contributed by atoms with Crippen LogP contribution in [0.1, 0.15) is 23.7 Å². The maximum Gasteiger partial charge on any atom is 0.340 e. The average molecular weight is 296 g/mol. The van der Waals surface area contributed by atoms with Gasteiger partial charge in [0.15, 0.2) is 0 Å². The van der Waals surface area contributed by atoms with Crippen LogP contribution in [-0.2, 0) is 10.0 Å². The third-order valence-electron chi connectivity index (χ3n) is 2.04. The Kier molecular flexibility index (Phi) is 4.53. The van der Waals surface area contributed by atoms with Gasteiger partial charge in [-0.2, -0.15) is 0 Å². The zero-order chi connectivity index (χ0) is 13.9. The number of anilines is 1. The van der Waals surface area contributed by atoms with E-state index in [2.05, 4.69) is 4.72 Å². The van der Waals surface area contributed by atoms with E-state index in [1.54, 1.807) is 6.92 Å². The van der Waals surface area contributed by atoms with Gasteiger partial charge in [-0.1, -0.05) is 18.5 Å². The van der Waals surface area contributed by atoms with Crippen LogP contribution >= 0.6 is 11.6 Å². The molecule has 8 heteroatoms. The molecule has 1 aromatic carbocycles. The number of hydrogen-bond donors (Lipinski definition) is 2. The Labute approximate surface area is 109 Å². The van der Waals surface area contributed by atoms with Crippen molar-refractivity contribution in [1.82, 2.24) is 0 Å². The van der Waals surface area contributed by atoms with Crippen molar-refractivity contribution in [3.8, 4) is 0 Å². The van der Waals surface area contributed by atoms with Gasteiger partial charge < -0.3 is 5.11 Å². The summed E-state index contributed by atoms with van der Waals surface area (Å²) in [5.74, 6) is -2.72. The summed E-state index contributed by atoms with van der Waals surface area (Å²) >= 11 is 5.67. The van der Waals surface area contributed by atoms with E-state index in [9.17, 15) is 17.6 Å². The predicted octanol–water partition coefficient (Wildman–Crippen LogP) is 2.33. The maximum atomic E-state index is 13.2. The first-order chi connectivity index (χ1) is 8.28. The molecule has 0 aliphatic heterocycles. The minimum atomic E-state index is -3.61. The largest absolute Gasteiger partial charge is 0.478 e. The van der Waals surface area contributed by atoms with Crippen LogP contribution in [0.2, 0.25) is 5.02 Å². The fourth-order valence-electron chi connectivity index (χ4n) is 1.31. The number of benzene rings is 1. The molecular weight excluding hydrogens is 285 g/mol. The Hall–Kier alpha value is -1.34. The number of halogens is 2. The van der Waals surface area contributed by atoms with Gasteiger partial charge in [0.1, 0.15) is 11.4 Å². The first-order valence-electron chi connectivity index (χ1n) is 5.00. The van der Waals surface area contributed by atoms with E-state index < -0.39 is 32.4 Å². The van der Waals surface area contributed by atoms with Crippen molar-refractivity contribution in [2.45, 2.75) is 13.3 Å². The summed E-state index contributed by atoms with van der Waals surface area (Å²) in [5.41, 5.74) is -0.905. The number of nitrogens with one attached hydrogen (secondary N) is 1. The smallest absolute Gasteiger partial charge is 0.340 e. The molecule has 1 rings (SSSR count). The molecule has 0 bridgehead atoms. The quantitative estimate of drug-likeness (QED) is 0.873. The van der Waals surface area contributed by atoms with E-state index in [1.165, 1.54) is 0 Å². The van der Waals surface area contributed by atoms with Crippen molar-refractivity contribution in [2.24, 2.45) is 0 Å². The number of carboxylic acid groups (broad SMARTS) is 1. The summed E-state index contributed by atoms with van der Waals surface area (Å²) < 4.78 is 38.4. The molecular formula is C10H11ClFNO4S. The molecule has 1 aromatic rings. The average Bonchev–Trinajstić information content (AvgIpc) is 2.21. The Bertz CT molecular complexity index is 573. The van der Waals surface area contributed by atoms with Gasteiger partial charge in [-0.25, -0.2) is 17.6 Å². The van der Waals surface area contributed by atoms with E-state index in [1.807, 2.05) is 0 Å². The molecule has 0 saturated carbocycles. The molecule has 0 unspecified atom stereocenters. The number of carboxylic acids is 1. The first-order valence-corrected chi connectivity index (χ1v) is 7.03. The second-order valence-corrected chi connectivity index (χ2v) is 5.73. The molecule has 5 nitrogen and oxygen atoms in total. The van der Waals surface area contributed by atoms with Crippen molar-refractivity contribution in [3.05, 3.63) is 28.5 Å². The van der Waals surface area contributed by atoms with Gasteiger partial charge in [0.25, 0.3) is 0 Å². The lowest BCUT2D eigenvalue weighted by atomic mass is 10.2. The summed E-state index contributed by atoms with van der Waals surface area (Å²) in [6.07, 6.45) is 0.389. The number of rotatable bonds is 5. The summed E-state index contributed by atoms with van der Waals surface area (Å²) in [6.45, 7) is 1.67. The molecule has 0 radical (unpaired) electrons. The van der Waals surface area contributed by atoms with Gasteiger partial charge in [-0.15, -0.1) is 0 Å². The molecule has 0 saturated heterocycles. The summed E-state index contributed by atoms with van der Waals surface area (Å²) in [7, 11) is -3.61. The zero-order valence-electron chi connectivity index (χ0n) is 9.41. The fraction of sp³-hybridized carbons (Fsp3) is 0.300. The van der Waals surface area contributed by atoms with E-state index in [4.69, 9.17) is 16.7 Å². The lowest BCUT2D eigenvalue weighted by Crippen LogP contribution is -2.17. The van der Waals surface area contributed by atoms with E-state index >= 15 is 0 Å². The Balaban J connectivity index is 3.21. The van der Waals surface area contributed by atoms with Crippen LogP contribution in [0.3, 0.4) is 0 Å². The molecule has 0 fully saturated rings. The molecule has 0 aromatic heterocycles. The Morgan fingerprint density at radius 1 is 1.50 bits per heavy atom. The summed E-state index contributed by atoms with van der Waals surface area (Å²) in [5, 5.41) is 8.30. The number of hydrogen-bond acceptors (Lipinski definition) is 3. The second-order valence-electron chi connectivity index (χ2n) is 3.51. The number of sulfonamides is 1. The highest BCUT2D eigenvalue weighted by molar-refractivity contribution is 7.92. The molecule has 100 valence electrons. The van der Waals surface area contributed by atoms with Crippen molar-refractivity contribution >= 4 is 33.3 Å². The van der Waals surface area contributed by atoms with Gasteiger partial charge in [0.05, 0.1) is 16.5 Å². The molecule has 2 N–H and O–H groups in total. The SMILES string of the molecule is CCCS(=O)(=O)Nc1ccc(F)c(C(=O)O)c1Cl. The fourth-order valence-corrected chi connectivity index (χ4v) is 2.80. The topological polar surface area (TPSA) is 83.5 Å². The van der Waals surface area contributed by atoms with E-state index in [-0.39, 0.29) is 11.4 Å². The highest BCUT2D eigenvalue weighted by atomic mass is 35.5. The van der Waals surface area contributed by atoms with Crippen LogP contribution in [0.15, 0.2) is 12.1 Å². The lowest BCUT2D eigenvalue weighted by Gasteiger charge is -2.10. The minimum absolute atomic E-state index is 0.136. The van der Waals surface area contributed by atoms with Crippen molar-refractivity contribution in [1.29, 1.82) is 0 Å². The van der Waals surface area contributed by atoms with Gasteiger partial charge in [0, 0.05) is 0 Å². The molecule has 18 heavy (non-hydrogen) atoms. The molecule has 0 aliphatic carbocycles. The predicted molar refractivity (Wildman–Crippen MR) is 66.1 cm³/mol. The Morgan fingerprint density at radius 2 is 2.11 bits per heavy atom. The molecule has 0 amide bonds. The number of aromatic carboxylic acids is 1. The van der Waals surface area contributed by atoms with Crippen molar-refractivity contribution < 1.29 is 22.7 Å². The van der Waals surface area contributed by atoms with Crippen LogP contribution in [0, 0.1) is 5.82 Å². The van der Waals surface area contributed by atoms with E-state index in [0.29, 0.717) is 6.42 Å². The van der Waals surface area contributed by atoms with Gasteiger partial charge in [-0.3, -0.25) is 4.72 Å². The van der Waals surface area contributed by atoms with Gasteiger partial charge >= 0.3 is 5.97 Å². The zero-order valence-corrected chi connectivity index (χ0v) is 11.0. The summed E-state index contributed by atoms with van der Waals surface area (Å²) in [6, 6.07) is 1.93. The maximum absolute atomic E-state index is 13.2. The molecule has 0 aliphatic rings. The van der Waals surface area contributed by atoms with Crippen LogP contribution < -0.4 is 4.72 Å². The summed E-state index contributed by atoms with van der Waals surface area (Å²) in [4.78, 5) is 10.8. The van der Waals surface area contributed by atoms with Gasteiger partial charge in [-0.05, 0) is 18.6 Å². The molecule has 0 heterocycles. The van der Waals surface area contributed by atoms with Crippen molar-refractivity contribution in [3.63, 3.8) is 0 Å². The monoisotopic (exact) mass is 295 g/mol. The third kappa shape index (κ3) is 3.33. The lowest BCUT2D eigenvalue weighted by molar-refractivity contribution is 0.0692. The van der Waals surface area contributed by atoms with Crippen LogP contribution in [0.5, 0.6) is 0 Å². The van der Waals surface area contributed by atoms with Crippen LogP contribution in [0.4, 0.5) is 10.1 Å². The first kappa shape index (κ1) is 14.7. The van der Waals surface area contributed by atoms with Crippen molar-refractivity contribution in [2.75, 3.05) is 10.5 Å². The highest BCUT2D eigenvalue weighted by Gasteiger charge is 2.20. The highest BCUT2D eigenvalue weighted by Crippen LogP contribution is 2.29. The van der Waals surface area contributed by atoms with Crippen LogP contribution in [0.25, 0.3) is 0 Å². The third-order valence-corrected chi connectivity index (χ3v) is 3.91. The second kappa shape index (κ2) is 5.53. The number of carbonyl (C=O) groups is 1. The Morgan fingerprint density at radius 3 is 2.61 bits per heavy atom. The molecule has 0 spiro atoms. The van der Waals surface area contributed by atoms with Crippen LogP contribution in [-0.4, -0.2) is 25.2 Å². The standard InChI is InChI=1S/C10H11ClFNO4S/c1-2-5-18(16,17)13-7-4-3-6(12)8(9(7)11)10(14)15/h3-4,13H,2,5H2,1H3,(H,14,15). The minimum Gasteiger partial charge on any atom is -0.478 e. The normalized spacial score (nSPS) is 11.3. The molecule has 0 atom stereocenters.